The molecule has 0 aliphatic carbocycles. The van der Waals surface area contributed by atoms with E-state index in [1.807, 2.05) is 0 Å². The molecular formula is C17H10FNO3S2. The molecule has 2 aromatic rings. The molecule has 1 aliphatic heterocycles. The number of amides is 1. The molecule has 0 atom stereocenters. The maximum atomic E-state index is 12.9. The first-order chi connectivity index (χ1) is 11.5. The lowest BCUT2D eigenvalue weighted by atomic mass is 10.2. The number of benzene rings is 2. The van der Waals surface area contributed by atoms with Gasteiger partial charge in [0.1, 0.15) is 15.9 Å². The molecule has 0 spiro atoms. The van der Waals surface area contributed by atoms with Crippen LogP contribution in [0.15, 0.2) is 53.4 Å². The first-order valence-electron chi connectivity index (χ1n) is 6.84. The van der Waals surface area contributed by atoms with Crippen molar-refractivity contribution < 1.29 is 18.7 Å². The number of esters is 1. The third-order valence-electron chi connectivity index (χ3n) is 3.09. The standard InChI is InChI=1S/C17H10FNO3S2/c18-12-6-4-11(5-7-12)16(21)22-13-3-1-2-10(8-13)9-14-15(20)19-17(23)24-14/h1-9H,(H,19,20,23)/b14-9+. The van der Waals surface area contributed by atoms with Crippen molar-refractivity contribution in [3.05, 3.63) is 70.4 Å². The average Bonchev–Trinajstić information content (AvgIpc) is 2.86. The van der Waals surface area contributed by atoms with Crippen LogP contribution in [0.5, 0.6) is 5.75 Å². The minimum atomic E-state index is -0.589. The minimum Gasteiger partial charge on any atom is -0.423 e. The van der Waals surface area contributed by atoms with Crippen LogP contribution in [0.3, 0.4) is 0 Å². The van der Waals surface area contributed by atoms with Gasteiger partial charge in [0, 0.05) is 0 Å². The van der Waals surface area contributed by atoms with Crippen molar-refractivity contribution in [1.82, 2.24) is 5.32 Å². The van der Waals surface area contributed by atoms with Gasteiger partial charge in [-0.25, -0.2) is 9.18 Å². The molecule has 120 valence electrons. The Morgan fingerprint density at radius 1 is 1.21 bits per heavy atom. The number of halogens is 1. The van der Waals surface area contributed by atoms with Gasteiger partial charge in [-0.1, -0.05) is 36.1 Å². The lowest BCUT2D eigenvalue weighted by molar-refractivity contribution is -0.115. The number of nitrogens with one attached hydrogen (secondary N) is 1. The predicted octanol–water partition coefficient (Wildman–Crippen LogP) is 3.53. The van der Waals surface area contributed by atoms with E-state index >= 15 is 0 Å². The van der Waals surface area contributed by atoms with E-state index in [9.17, 15) is 14.0 Å². The Labute approximate surface area is 146 Å². The van der Waals surface area contributed by atoms with Gasteiger partial charge < -0.3 is 10.1 Å². The Morgan fingerprint density at radius 2 is 1.96 bits per heavy atom. The molecule has 1 saturated heterocycles. The molecule has 0 aromatic heterocycles. The van der Waals surface area contributed by atoms with Crippen molar-refractivity contribution in [2.24, 2.45) is 0 Å². The Balaban J connectivity index is 1.77. The van der Waals surface area contributed by atoms with E-state index in [2.05, 4.69) is 5.32 Å². The van der Waals surface area contributed by atoms with Crippen LogP contribution < -0.4 is 10.1 Å². The van der Waals surface area contributed by atoms with Crippen LogP contribution in [-0.4, -0.2) is 16.2 Å². The third kappa shape index (κ3) is 3.87. The van der Waals surface area contributed by atoms with E-state index in [1.54, 1.807) is 30.3 Å². The van der Waals surface area contributed by atoms with Crippen molar-refractivity contribution in [3.8, 4) is 5.75 Å². The summed E-state index contributed by atoms with van der Waals surface area (Å²) < 4.78 is 18.6. The van der Waals surface area contributed by atoms with Crippen LogP contribution in [-0.2, 0) is 4.79 Å². The van der Waals surface area contributed by atoms with Gasteiger partial charge in [0.2, 0.25) is 0 Å². The molecule has 24 heavy (non-hydrogen) atoms. The van der Waals surface area contributed by atoms with Crippen molar-refractivity contribution in [1.29, 1.82) is 0 Å². The summed E-state index contributed by atoms with van der Waals surface area (Å²) in [6, 6.07) is 11.8. The second kappa shape index (κ2) is 6.94. The fraction of sp³-hybridized carbons (Fsp3) is 0. The Kier molecular flexibility index (Phi) is 4.73. The van der Waals surface area contributed by atoms with Crippen molar-refractivity contribution >= 4 is 46.3 Å². The topological polar surface area (TPSA) is 55.4 Å². The van der Waals surface area contributed by atoms with Gasteiger partial charge in [-0.15, -0.1) is 0 Å². The summed E-state index contributed by atoms with van der Waals surface area (Å²) >= 11 is 6.10. The highest BCUT2D eigenvalue weighted by Gasteiger charge is 2.21. The Bertz CT molecular complexity index is 862. The van der Waals surface area contributed by atoms with Crippen molar-refractivity contribution in [3.63, 3.8) is 0 Å². The number of carbonyl (C=O) groups excluding carboxylic acids is 2. The molecule has 0 bridgehead atoms. The molecular weight excluding hydrogens is 349 g/mol. The summed E-state index contributed by atoms with van der Waals surface area (Å²) in [5, 5.41) is 2.53. The van der Waals surface area contributed by atoms with E-state index in [0.29, 0.717) is 20.5 Å². The molecule has 1 fully saturated rings. The van der Waals surface area contributed by atoms with Crippen LogP contribution >= 0.6 is 24.0 Å². The van der Waals surface area contributed by atoms with Gasteiger partial charge in [-0.3, -0.25) is 4.79 Å². The molecule has 2 aromatic carbocycles. The Hall–Kier alpha value is -2.51. The molecule has 4 nitrogen and oxygen atoms in total. The fourth-order valence-corrected chi connectivity index (χ4v) is 3.04. The number of hydrogen-bond acceptors (Lipinski definition) is 5. The smallest absolute Gasteiger partial charge is 0.343 e. The summed E-state index contributed by atoms with van der Waals surface area (Å²) in [5.74, 6) is -0.942. The molecule has 1 N–H and O–H groups in total. The molecule has 0 radical (unpaired) electrons. The minimum absolute atomic E-state index is 0.247. The van der Waals surface area contributed by atoms with Gasteiger partial charge in [0.15, 0.2) is 0 Å². The number of thioether (sulfide) groups is 1. The molecule has 0 unspecified atom stereocenters. The maximum Gasteiger partial charge on any atom is 0.343 e. The third-order valence-corrected chi connectivity index (χ3v) is 4.25. The normalized spacial score (nSPS) is 15.5. The highest BCUT2D eigenvalue weighted by atomic mass is 32.2. The number of ether oxygens (including phenoxy) is 1. The summed E-state index contributed by atoms with van der Waals surface area (Å²) in [5.41, 5.74) is 0.943. The van der Waals surface area contributed by atoms with Gasteiger partial charge in [0.05, 0.1) is 10.5 Å². The number of thiocarbonyl (C=S) groups is 1. The first kappa shape index (κ1) is 16.4. The molecule has 7 heteroatoms. The summed E-state index contributed by atoms with van der Waals surface area (Å²) in [6.07, 6.45) is 1.66. The zero-order valence-electron chi connectivity index (χ0n) is 12.1. The Morgan fingerprint density at radius 3 is 2.62 bits per heavy atom. The fourth-order valence-electron chi connectivity index (χ4n) is 1.99. The van der Waals surface area contributed by atoms with Gasteiger partial charge >= 0.3 is 5.97 Å². The predicted molar refractivity (Wildman–Crippen MR) is 94.1 cm³/mol. The van der Waals surface area contributed by atoms with Gasteiger partial charge in [-0.2, -0.15) is 0 Å². The largest absolute Gasteiger partial charge is 0.423 e. The highest BCUT2D eigenvalue weighted by Crippen LogP contribution is 2.27. The van der Waals surface area contributed by atoms with Crippen molar-refractivity contribution in [2.45, 2.75) is 0 Å². The number of rotatable bonds is 3. The van der Waals surface area contributed by atoms with Crippen LogP contribution in [0.4, 0.5) is 4.39 Å². The summed E-state index contributed by atoms with van der Waals surface area (Å²) in [4.78, 5) is 24.2. The lowest BCUT2D eigenvalue weighted by Gasteiger charge is -2.05. The molecule has 1 aliphatic rings. The van der Waals surface area contributed by atoms with E-state index in [4.69, 9.17) is 17.0 Å². The number of hydrogen-bond donors (Lipinski definition) is 1. The van der Waals surface area contributed by atoms with Crippen LogP contribution in [0.25, 0.3) is 6.08 Å². The van der Waals surface area contributed by atoms with Gasteiger partial charge in [-0.05, 0) is 48.0 Å². The van der Waals surface area contributed by atoms with E-state index in [1.165, 1.54) is 36.0 Å². The summed E-state index contributed by atoms with van der Waals surface area (Å²) in [7, 11) is 0. The number of carbonyl (C=O) groups is 2. The van der Waals surface area contributed by atoms with Crippen molar-refractivity contribution in [2.75, 3.05) is 0 Å². The molecule has 3 rings (SSSR count). The molecule has 0 saturated carbocycles. The monoisotopic (exact) mass is 359 g/mol. The zero-order valence-corrected chi connectivity index (χ0v) is 13.7. The van der Waals surface area contributed by atoms with Gasteiger partial charge in [0.25, 0.3) is 5.91 Å². The molecule has 1 amide bonds. The zero-order chi connectivity index (χ0) is 17.1. The highest BCUT2D eigenvalue weighted by molar-refractivity contribution is 8.26. The molecule has 1 heterocycles. The quantitative estimate of drug-likeness (QED) is 0.393. The van der Waals surface area contributed by atoms with Crippen LogP contribution in [0, 0.1) is 5.82 Å². The first-order valence-corrected chi connectivity index (χ1v) is 8.06. The SMILES string of the molecule is O=C1NC(=S)S/C1=C/c1cccc(OC(=O)c2ccc(F)cc2)c1. The second-order valence-corrected chi connectivity index (χ2v) is 6.54. The average molecular weight is 359 g/mol. The van der Waals surface area contributed by atoms with Crippen LogP contribution in [0.2, 0.25) is 0 Å². The second-order valence-electron chi connectivity index (χ2n) is 4.82. The van der Waals surface area contributed by atoms with E-state index in [-0.39, 0.29) is 11.5 Å². The summed E-state index contributed by atoms with van der Waals surface area (Å²) in [6.45, 7) is 0. The van der Waals surface area contributed by atoms with Crippen LogP contribution in [0.1, 0.15) is 15.9 Å². The maximum absolute atomic E-state index is 12.9. The lowest BCUT2D eigenvalue weighted by Crippen LogP contribution is -2.17. The van der Waals surface area contributed by atoms with E-state index < -0.39 is 11.8 Å². The van der Waals surface area contributed by atoms with E-state index in [0.717, 1.165) is 0 Å².